The van der Waals surface area contributed by atoms with Gasteiger partial charge in [-0.2, -0.15) is 0 Å². The Hall–Kier alpha value is -3.03. The van der Waals surface area contributed by atoms with E-state index in [-0.39, 0.29) is 17.7 Å². The summed E-state index contributed by atoms with van der Waals surface area (Å²) in [6, 6.07) is 5.27. The minimum atomic E-state index is -0.532. The maximum atomic E-state index is 13.3. The highest BCUT2D eigenvalue weighted by Crippen LogP contribution is 2.44. The monoisotopic (exact) mass is 394 g/mol. The third kappa shape index (κ3) is 3.54. The van der Waals surface area contributed by atoms with Crippen LogP contribution in [-0.2, 0) is 4.79 Å². The summed E-state index contributed by atoms with van der Waals surface area (Å²) in [5.74, 6) is 0.780. The van der Waals surface area contributed by atoms with Crippen LogP contribution in [0.4, 0.5) is 5.95 Å². The van der Waals surface area contributed by atoms with E-state index in [4.69, 9.17) is 0 Å². The van der Waals surface area contributed by atoms with E-state index in [1.165, 1.54) is 0 Å². The predicted molar refractivity (Wildman–Crippen MR) is 108 cm³/mol. The van der Waals surface area contributed by atoms with Crippen LogP contribution in [0.5, 0.6) is 0 Å². The van der Waals surface area contributed by atoms with Gasteiger partial charge in [0.05, 0.1) is 5.41 Å². The highest BCUT2D eigenvalue weighted by Gasteiger charge is 2.54. The van der Waals surface area contributed by atoms with Crippen molar-refractivity contribution in [3.8, 4) is 0 Å². The van der Waals surface area contributed by atoms with E-state index in [0.29, 0.717) is 37.7 Å². The van der Waals surface area contributed by atoms with Crippen molar-refractivity contribution in [3.05, 3.63) is 48.5 Å². The van der Waals surface area contributed by atoms with Crippen molar-refractivity contribution in [3.63, 3.8) is 0 Å². The molecule has 0 unspecified atom stereocenters. The summed E-state index contributed by atoms with van der Waals surface area (Å²) in [6.45, 7) is 2.44. The Morgan fingerprint density at radius 3 is 2.52 bits per heavy atom. The number of hydrogen-bond acceptors (Lipinski definition) is 6. The standard InChI is InChI=1S/C21H26N6O2/c1-25(2)19(29)21-7-3-12-26(18(28)16-5-10-22-11-6-16)13-17(21)14-27(15-21)20-23-8-4-9-24-20/h4-6,8-11,17H,3,7,12-15H2,1-2H3/t17-,21-/m0/s1. The maximum absolute atomic E-state index is 13.3. The molecule has 152 valence electrons. The van der Waals surface area contributed by atoms with Crippen LogP contribution in [0.25, 0.3) is 0 Å². The second-order valence-corrected chi connectivity index (χ2v) is 8.07. The summed E-state index contributed by atoms with van der Waals surface area (Å²) in [4.78, 5) is 44.8. The summed E-state index contributed by atoms with van der Waals surface area (Å²) in [5.41, 5.74) is 0.100. The minimum Gasteiger partial charge on any atom is -0.348 e. The molecule has 29 heavy (non-hydrogen) atoms. The van der Waals surface area contributed by atoms with Crippen LogP contribution < -0.4 is 4.90 Å². The first-order chi connectivity index (χ1) is 14.0. The number of fused-ring (bicyclic) bond motifs is 1. The number of anilines is 1. The van der Waals surface area contributed by atoms with Gasteiger partial charge in [-0.05, 0) is 31.0 Å². The van der Waals surface area contributed by atoms with E-state index < -0.39 is 5.41 Å². The molecule has 4 heterocycles. The highest BCUT2D eigenvalue weighted by atomic mass is 16.2. The van der Waals surface area contributed by atoms with E-state index >= 15 is 0 Å². The van der Waals surface area contributed by atoms with E-state index in [0.717, 1.165) is 12.8 Å². The molecule has 2 aliphatic heterocycles. The number of likely N-dealkylation sites (tertiary alicyclic amines) is 1. The Kier molecular flexibility index (Phi) is 5.17. The Morgan fingerprint density at radius 2 is 1.83 bits per heavy atom. The number of carbonyl (C=O) groups excluding carboxylic acids is 2. The fourth-order valence-electron chi connectivity index (χ4n) is 4.70. The van der Waals surface area contributed by atoms with Gasteiger partial charge in [0.25, 0.3) is 5.91 Å². The smallest absolute Gasteiger partial charge is 0.253 e. The molecule has 8 nitrogen and oxygen atoms in total. The molecule has 0 radical (unpaired) electrons. The van der Waals surface area contributed by atoms with Gasteiger partial charge in [0.1, 0.15) is 0 Å². The first-order valence-electron chi connectivity index (χ1n) is 9.94. The number of amides is 2. The molecule has 0 bridgehead atoms. The number of carbonyl (C=O) groups is 2. The fraction of sp³-hybridized carbons (Fsp3) is 0.476. The molecule has 2 saturated heterocycles. The Bertz CT molecular complexity index is 875. The van der Waals surface area contributed by atoms with Crippen molar-refractivity contribution >= 4 is 17.8 Å². The molecule has 2 aromatic heterocycles. The molecule has 2 atom stereocenters. The van der Waals surface area contributed by atoms with Crippen molar-refractivity contribution < 1.29 is 9.59 Å². The van der Waals surface area contributed by atoms with Gasteiger partial charge < -0.3 is 14.7 Å². The summed E-state index contributed by atoms with van der Waals surface area (Å²) in [7, 11) is 3.61. The van der Waals surface area contributed by atoms with Gasteiger partial charge in [0.15, 0.2) is 0 Å². The predicted octanol–water partition coefficient (Wildman–Crippen LogP) is 1.32. The number of nitrogens with zero attached hydrogens (tertiary/aromatic N) is 6. The van der Waals surface area contributed by atoms with Crippen LogP contribution in [0.15, 0.2) is 43.0 Å². The molecule has 2 aliphatic rings. The average Bonchev–Trinajstić information content (AvgIpc) is 3.02. The van der Waals surface area contributed by atoms with Crippen LogP contribution in [0, 0.1) is 11.3 Å². The SMILES string of the molecule is CN(C)C(=O)[C@]12CCCN(C(=O)c3ccncc3)C[C@H]1CN(c1ncccn1)C2. The average molecular weight is 394 g/mol. The zero-order chi connectivity index (χ0) is 20.4. The van der Waals surface area contributed by atoms with Gasteiger partial charge >= 0.3 is 0 Å². The molecule has 2 amide bonds. The molecule has 4 rings (SSSR count). The number of pyridine rings is 1. The normalized spacial score (nSPS) is 24.0. The van der Waals surface area contributed by atoms with Crippen molar-refractivity contribution in [2.45, 2.75) is 12.8 Å². The van der Waals surface area contributed by atoms with Gasteiger partial charge in [0, 0.05) is 76.5 Å². The lowest BCUT2D eigenvalue weighted by molar-refractivity contribution is -0.141. The van der Waals surface area contributed by atoms with E-state index in [1.807, 2.05) is 4.90 Å². The van der Waals surface area contributed by atoms with Crippen LogP contribution in [-0.4, -0.2) is 76.8 Å². The minimum absolute atomic E-state index is 0.00471. The molecule has 0 N–H and O–H groups in total. The Balaban J connectivity index is 1.64. The van der Waals surface area contributed by atoms with Gasteiger partial charge in [-0.3, -0.25) is 14.6 Å². The quantitative estimate of drug-likeness (QED) is 0.781. The van der Waals surface area contributed by atoms with Crippen LogP contribution in [0.2, 0.25) is 0 Å². The van der Waals surface area contributed by atoms with Crippen molar-refractivity contribution in [1.29, 1.82) is 0 Å². The van der Waals surface area contributed by atoms with E-state index in [9.17, 15) is 9.59 Å². The first kappa shape index (κ1) is 19.3. The fourth-order valence-corrected chi connectivity index (χ4v) is 4.70. The van der Waals surface area contributed by atoms with Crippen LogP contribution in [0.1, 0.15) is 23.2 Å². The summed E-state index contributed by atoms with van der Waals surface area (Å²) in [5, 5.41) is 0. The van der Waals surface area contributed by atoms with Gasteiger partial charge in [-0.25, -0.2) is 9.97 Å². The maximum Gasteiger partial charge on any atom is 0.253 e. The molecule has 2 fully saturated rings. The third-order valence-corrected chi connectivity index (χ3v) is 6.07. The molecule has 8 heteroatoms. The number of hydrogen-bond donors (Lipinski definition) is 0. The topological polar surface area (TPSA) is 82.5 Å². The molecule has 0 spiro atoms. The zero-order valence-electron chi connectivity index (χ0n) is 16.9. The Morgan fingerprint density at radius 1 is 1.10 bits per heavy atom. The van der Waals surface area contributed by atoms with E-state index in [1.54, 1.807) is 62.0 Å². The molecular formula is C21H26N6O2. The van der Waals surface area contributed by atoms with Gasteiger partial charge in [-0.1, -0.05) is 0 Å². The van der Waals surface area contributed by atoms with Crippen molar-refractivity contribution in [2.24, 2.45) is 11.3 Å². The summed E-state index contributed by atoms with van der Waals surface area (Å²) < 4.78 is 0. The van der Waals surface area contributed by atoms with Crippen molar-refractivity contribution in [2.75, 3.05) is 45.2 Å². The zero-order valence-corrected chi connectivity index (χ0v) is 16.9. The number of aromatic nitrogens is 3. The van der Waals surface area contributed by atoms with E-state index in [2.05, 4.69) is 19.9 Å². The third-order valence-electron chi connectivity index (χ3n) is 6.07. The Labute approximate surface area is 170 Å². The molecule has 2 aromatic rings. The summed E-state index contributed by atoms with van der Waals surface area (Å²) >= 11 is 0. The lowest BCUT2D eigenvalue weighted by atomic mass is 9.74. The van der Waals surface area contributed by atoms with Crippen molar-refractivity contribution in [1.82, 2.24) is 24.8 Å². The lowest BCUT2D eigenvalue weighted by Crippen LogP contribution is -2.47. The van der Waals surface area contributed by atoms with Gasteiger partial charge in [0.2, 0.25) is 11.9 Å². The van der Waals surface area contributed by atoms with Crippen LogP contribution >= 0.6 is 0 Å². The molecular weight excluding hydrogens is 368 g/mol. The number of rotatable bonds is 3. The molecule has 0 saturated carbocycles. The second kappa shape index (κ2) is 7.77. The molecule has 0 aliphatic carbocycles. The second-order valence-electron chi connectivity index (χ2n) is 8.07. The van der Waals surface area contributed by atoms with Crippen LogP contribution in [0.3, 0.4) is 0 Å². The molecule has 0 aromatic carbocycles. The lowest BCUT2D eigenvalue weighted by Gasteiger charge is -2.34. The first-order valence-corrected chi connectivity index (χ1v) is 9.94. The summed E-state index contributed by atoms with van der Waals surface area (Å²) in [6.07, 6.45) is 8.24. The largest absolute Gasteiger partial charge is 0.348 e. The highest BCUT2D eigenvalue weighted by molar-refractivity contribution is 5.94. The van der Waals surface area contributed by atoms with Gasteiger partial charge in [-0.15, -0.1) is 0 Å².